The summed E-state index contributed by atoms with van der Waals surface area (Å²) >= 11 is 0. The van der Waals surface area contributed by atoms with E-state index in [1.54, 1.807) is 0 Å². The van der Waals surface area contributed by atoms with Crippen LogP contribution in [0.4, 0.5) is 0 Å². The van der Waals surface area contributed by atoms with Crippen LogP contribution < -0.4 is 4.72 Å². The minimum absolute atomic E-state index is 0.0464. The summed E-state index contributed by atoms with van der Waals surface area (Å²) in [4.78, 5) is 0. The van der Waals surface area contributed by atoms with E-state index < -0.39 is 10.0 Å². The maximum absolute atomic E-state index is 11.9. The van der Waals surface area contributed by atoms with Gasteiger partial charge in [-0.3, -0.25) is 0 Å². The van der Waals surface area contributed by atoms with E-state index in [0.717, 1.165) is 32.1 Å². The van der Waals surface area contributed by atoms with Crippen LogP contribution in [-0.2, 0) is 10.0 Å². The highest BCUT2D eigenvalue weighted by molar-refractivity contribution is 7.89. The highest BCUT2D eigenvalue weighted by Gasteiger charge is 2.27. The Balaban J connectivity index is 1.77. The van der Waals surface area contributed by atoms with Gasteiger partial charge in [0.15, 0.2) is 0 Å². The van der Waals surface area contributed by atoms with E-state index in [1.165, 1.54) is 12.8 Å². The van der Waals surface area contributed by atoms with Gasteiger partial charge in [0, 0.05) is 12.6 Å². The first-order chi connectivity index (χ1) is 8.09. The zero-order chi connectivity index (χ0) is 12.3. The normalized spacial score (nSPS) is 30.4. The fourth-order valence-electron chi connectivity index (χ4n) is 2.61. The standard InChI is InChI=1S/C12H23NO3S/c14-9-11-2-1-3-12(8-11)13-17(15,16)7-6-10-4-5-10/h10-14H,1-9H2. The molecule has 2 saturated carbocycles. The topological polar surface area (TPSA) is 66.4 Å². The zero-order valence-corrected chi connectivity index (χ0v) is 11.1. The molecule has 0 bridgehead atoms. The number of aliphatic hydroxyl groups is 1. The smallest absolute Gasteiger partial charge is 0.211 e. The number of nitrogens with one attached hydrogen (secondary N) is 1. The van der Waals surface area contributed by atoms with Crippen molar-refractivity contribution in [1.82, 2.24) is 4.72 Å². The molecule has 0 aliphatic heterocycles. The van der Waals surface area contributed by atoms with Crippen LogP contribution in [0, 0.1) is 11.8 Å². The van der Waals surface area contributed by atoms with Gasteiger partial charge in [0.1, 0.15) is 0 Å². The maximum Gasteiger partial charge on any atom is 0.211 e. The lowest BCUT2D eigenvalue weighted by atomic mass is 9.87. The Morgan fingerprint density at radius 3 is 2.53 bits per heavy atom. The first-order valence-electron chi connectivity index (χ1n) is 6.70. The molecule has 0 radical (unpaired) electrons. The predicted octanol–water partition coefficient (Wildman–Crippen LogP) is 1.26. The molecule has 0 saturated heterocycles. The van der Waals surface area contributed by atoms with E-state index in [0.29, 0.717) is 5.92 Å². The lowest BCUT2D eigenvalue weighted by Crippen LogP contribution is -2.40. The fourth-order valence-corrected chi connectivity index (χ4v) is 4.09. The van der Waals surface area contributed by atoms with Crippen LogP contribution in [0.25, 0.3) is 0 Å². The van der Waals surface area contributed by atoms with Crippen molar-refractivity contribution in [3.63, 3.8) is 0 Å². The van der Waals surface area contributed by atoms with Crippen molar-refractivity contribution in [2.45, 2.75) is 51.0 Å². The summed E-state index contributed by atoms with van der Waals surface area (Å²) in [6.07, 6.45) is 6.96. The summed E-state index contributed by atoms with van der Waals surface area (Å²) in [5.41, 5.74) is 0. The number of rotatable bonds is 6. The van der Waals surface area contributed by atoms with Crippen LogP contribution in [0.5, 0.6) is 0 Å². The largest absolute Gasteiger partial charge is 0.396 e. The van der Waals surface area contributed by atoms with Gasteiger partial charge in [-0.2, -0.15) is 0 Å². The third-order valence-electron chi connectivity index (χ3n) is 3.88. The number of aliphatic hydroxyl groups excluding tert-OH is 1. The Morgan fingerprint density at radius 2 is 1.88 bits per heavy atom. The van der Waals surface area contributed by atoms with Gasteiger partial charge in [-0.1, -0.05) is 19.3 Å². The van der Waals surface area contributed by atoms with Gasteiger partial charge in [0.25, 0.3) is 0 Å². The van der Waals surface area contributed by atoms with Crippen molar-refractivity contribution in [3.05, 3.63) is 0 Å². The average molecular weight is 261 g/mol. The minimum atomic E-state index is -3.10. The average Bonchev–Trinajstić information content (AvgIpc) is 3.10. The Hall–Kier alpha value is -0.130. The van der Waals surface area contributed by atoms with Gasteiger partial charge >= 0.3 is 0 Å². The van der Waals surface area contributed by atoms with E-state index in [2.05, 4.69) is 4.72 Å². The molecule has 0 heterocycles. The molecule has 0 spiro atoms. The second-order valence-electron chi connectivity index (χ2n) is 5.58. The van der Waals surface area contributed by atoms with Gasteiger partial charge in [0.05, 0.1) is 5.75 Å². The molecule has 2 N–H and O–H groups in total. The molecule has 0 amide bonds. The highest BCUT2D eigenvalue weighted by atomic mass is 32.2. The quantitative estimate of drug-likeness (QED) is 0.756. The van der Waals surface area contributed by atoms with Gasteiger partial charge in [-0.15, -0.1) is 0 Å². The van der Waals surface area contributed by atoms with E-state index >= 15 is 0 Å². The van der Waals surface area contributed by atoms with Crippen LogP contribution in [0.3, 0.4) is 0 Å². The van der Waals surface area contributed by atoms with Gasteiger partial charge < -0.3 is 5.11 Å². The number of hydrogen-bond donors (Lipinski definition) is 2. The first-order valence-corrected chi connectivity index (χ1v) is 8.35. The van der Waals surface area contributed by atoms with Crippen LogP contribution in [-0.4, -0.2) is 31.9 Å². The SMILES string of the molecule is O=S(=O)(CCC1CC1)NC1CCCC(CO)C1. The van der Waals surface area contributed by atoms with Crippen molar-refractivity contribution in [2.24, 2.45) is 11.8 Å². The lowest BCUT2D eigenvalue weighted by Gasteiger charge is -2.28. The molecule has 2 unspecified atom stereocenters. The Bertz CT molecular complexity index is 338. The molecule has 2 aliphatic rings. The molecule has 4 nitrogen and oxygen atoms in total. The second kappa shape index (κ2) is 5.67. The zero-order valence-electron chi connectivity index (χ0n) is 10.3. The number of hydrogen-bond acceptors (Lipinski definition) is 3. The van der Waals surface area contributed by atoms with E-state index in [-0.39, 0.29) is 24.3 Å². The van der Waals surface area contributed by atoms with Crippen molar-refractivity contribution in [3.8, 4) is 0 Å². The molecule has 17 heavy (non-hydrogen) atoms. The molecule has 2 fully saturated rings. The van der Waals surface area contributed by atoms with Crippen molar-refractivity contribution in [2.75, 3.05) is 12.4 Å². The lowest BCUT2D eigenvalue weighted by molar-refractivity contribution is 0.177. The highest BCUT2D eigenvalue weighted by Crippen LogP contribution is 2.32. The molecule has 2 rings (SSSR count). The predicted molar refractivity (Wildman–Crippen MR) is 67.1 cm³/mol. The van der Waals surface area contributed by atoms with E-state index in [9.17, 15) is 8.42 Å². The van der Waals surface area contributed by atoms with Gasteiger partial charge in [-0.05, 0) is 37.5 Å². The Kier molecular flexibility index (Phi) is 4.44. The molecule has 0 aromatic carbocycles. The van der Waals surface area contributed by atoms with Crippen molar-refractivity contribution >= 4 is 10.0 Å². The third-order valence-corrected chi connectivity index (χ3v) is 5.34. The molecule has 2 atom stereocenters. The monoisotopic (exact) mass is 261 g/mol. The van der Waals surface area contributed by atoms with Gasteiger partial charge in [-0.25, -0.2) is 13.1 Å². The summed E-state index contributed by atoms with van der Waals surface area (Å²) in [5.74, 6) is 1.21. The maximum atomic E-state index is 11.9. The molecule has 5 heteroatoms. The van der Waals surface area contributed by atoms with Gasteiger partial charge in [0.2, 0.25) is 10.0 Å². The van der Waals surface area contributed by atoms with Crippen molar-refractivity contribution in [1.29, 1.82) is 0 Å². The van der Waals surface area contributed by atoms with Crippen LogP contribution in [0.15, 0.2) is 0 Å². The Morgan fingerprint density at radius 1 is 1.12 bits per heavy atom. The summed E-state index contributed by atoms with van der Waals surface area (Å²) in [6, 6.07) is 0.0464. The molecule has 100 valence electrons. The molecule has 0 aromatic rings. The van der Waals surface area contributed by atoms with E-state index in [4.69, 9.17) is 5.11 Å². The van der Waals surface area contributed by atoms with Crippen LogP contribution >= 0.6 is 0 Å². The molecular weight excluding hydrogens is 238 g/mol. The Labute approximate surface area is 104 Å². The fraction of sp³-hybridized carbons (Fsp3) is 1.00. The summed E-state index contributed by atoms with van der Waals surface area (Å²) in [5, 5.41) is 9.11. The van der Waals surface area contributed by atoms with E-state index in [1.807, 2.05) is 0 Å². The van der Waals surface area contributed by atoms with Crippen molar-refractivity contribution < 1.29 is 13.5 Å². The summed E-state index contributed by atoms with van der Waals surface area (Å²) in [7, 11) is -3.10. The summed E-state index contributed by atoms with van der Waals surface area (Å²) < 4.78 is 26.5. The molecular formula is C12H23NO3S. The summed E-state index contributed by atoms with van der Waals surface area (Å²) in [6.45, 7) is 0.181. The number of sulfonamides is 1. The van der Waals surface area contributed by atoms with Crippen LogP contribution in [0.2, 0.25) is 0 Å². The second-order valence-corrected chi connectivity index (χ2v) is 7.45. The molecule has 2 aliphatic carbocycles. The first kappa shape index (κ1) is 13.3. The minimum Gasteiger partial charge on any atom is -0.396 e. The molecule has 0 aromatic heterocycles. The van der Waals surface area contributed by atoms with Crippen LogP contribution in [0.1, 0.15) is 44.9 Å². The third kappa shape index (κ3) is 4.56.